The number of rotatable bonds is 11. The number of hydrogen-bond donors (Lipinski definition) is 1. The van der Waals surface area contributed by atoms with Gasteiger partial charge in [0.05, 0.1) is 19.6 Å². The Morgan fingerprint density at radius 3 is 2.21 bits per heavy atom. The first-order valence-corrected chi connectivity index (χ1v) is 7.87. The maximum atomic E-state index is 11.8. The van der Waals surface area contributed by atoms with Crippen molar-refractivity contribution < 1.29 is 9.28 Å². The highest BCUT2D eigenvalue weighted by Gasteiger charge is 2.20. The number of hydrogen-bond acceptors (Lipinski definition) is 1. The molecule has 0 fully saturated rings. The summed E-state index contributed by atoms with van der Waals surface area (Å²) in [4.78, 5) is 11.8. The molecule has 0 aliphatic carbocycles. The Bertz CT molecular complexity index is 249. The molecule has 0 aliphatic rings. The second-order valence-corrected chi connectivity index (χ2v) is 5.22. The van der Waals surface area contributed by atoms with Gasteiger partial charge in [-0.2, -0.15) is 0 Å². The third kappa shape index (κ3) is 8.04. The molecule has 1 N–H and O–H groups in total. The summed E-state index contributed by atoms with van der Waals surface area (Å²) in [5, 5.41) is 3.10. The molecule has 0 radical (unpaired) electrons. The van der Waals surface area contributed by atoms with E-state index in [1.807, 2.05) is 6.92 Å². The van der Waals surface area contributed by atoms with E-state index in [0.29, 0.717) is 6.42 Å². The zero-order valence-corrected chi connectivity index (χ0v) is 13.4. The third-order valence-corrected chi connectivity index (χ3v) is 4.13. The van der Waals surface area contributed by atoms with Crippen LogP contribution in [0.15, 0.2) is 12.2 Å². The Morgan fingerprint density at radius 1 is 1.05 bits per heavy atom. The molecule has 0 aromatic carbocycles. The second kappa shape index (κ2) is 11.0. The van der Waals surface area contributed by atoms with Crippen molar-refractivity contribution in [3.63, 3.8) is 0 Å². The zero-order valence-electron chi connectivity index (χ0n) is 13.4. The summed E-state index contributed by atoms with van der Waals surface area (Å²) in [6.45, 7) is 12.7. The molecule has 0 spiro atoms. The van der Waals surface area contributed by atoms with Crippen molar-refractivity contribution in [2.75, 3.05) is 26.3 Å². The van der Waals surface area contributed by atoms with Crippen LogP contribution in [0.25, 0.3) is 0 Å². The van der Waals surface area contributed by atoms with Gasteiger partial charge in [-0.25, -0.2) is 0 Å². The SMILES string of the molecule is C/C=C/CCCCCC(=O)NC[N+](CC)(CC)CC. The van der Waals surface area contributed by atoms with Gasteiger partial charge in [0.1, 0.15) is 0 Å². The van der Waals surface area contributed by atoms with Gasteiger partial charge in [-0.15, -0.1) is 0 Å². The molecule has 0 rings (SSSR count). The van der Waals surface area contributed by atoms with E-state index in [2.05, 4.69) is 38.2 Å². The average molecular weight is 269 g/mol. The van der Waals surface area contributed by atoms with E-state index < -0.39 is 0 Å². The molecule has 0 heterocycles. The molecule has 0 saturated heterocycles. The average Bonchev–Trinajstić information content (AvgIpc) is 2.45. The van der Waals surface area contributed by atoms with Crippen LogP contribution in [0.5, 0.6) is 0 Å². The van der Waals surface area contributed by atoms with Crippen molar-refractivity contribution >= 4 is 5.91 Å². The van der Waals surface area contributed by atoms with Crippen LogP contribution in [0.4, 0.5) is 0 Å². The molecule has 112 valence electrons. The van der Waals surface area contributed by atoms with Crippen LogP contribution < -0.4 is 5.32 Å². The largest absolute Gasteiger partial charge is 0.309 e. The van der Waals surface area contributed by atoms with Gasteiger partial charge in [-0.05, 0) is 47.0 Å². The fourth-order valence-corrected chi connectivity index (χ4v) is 2.24. The summed E-state index contributed by atoms with van der Waals surface area (Å²) in [5.74, 6) is 0.212. The van der Waals surface area contributed by atoms with Gasteiger partial charge in [0.2, 0.25) is 5.91 Å². The van der Waals surface area contributed by atoms with Gasteiger partial charge < -0.3 is 9.80 Å². The Morgan fingerprint density at radius 2 is 1.68 bits per heavy atom. The van der Waals surface area contributed by atoms with Crippen LogP contribution in [-0.4, -0.2) is 36.7 Å². The monoisotopic (exact) mass is 269 g/mol. The summed E-state index contributed by atoms with van der Waals surface area (Å²) in [6, 6.07) is 0. The number of allylic oxidation sites excluding steroid dienone is 2. The molecule has 0 aliphatic heterocycles. The Labute approximate surface area is 119 Å². The second-order valence-electron chi connectivity index (χ2n) is 5.22. The number of carbonyl (C=O) groups is 1. The number of nitrogens with zero attached hydrogens (tertiary/aromatic N) is 1. The van der Waals surface area contributed by atoms with Crippen molar-refractivity contribution in [3.05, 3.63) is 12.2 Å². The molecule has 1 amide bonds. The number of carbonyl (C=O) groups excluding carboxylic acids is 1. The number of unbranched alkanes of at least 4 members (excludes halogenated alkanes) is 3. The minimum Gasteiger partial charge on any atom is -0.309 e. The van der Waals surface area contributed by atoms with Crippen molar-refractivity contribution in [1.82, 2.24) is 5.32 Å². The molecule has 19 heavy (non-hydrogen) atoms. The first-order valence-electron chi connectivity index (χ1n) is 7.87. The van der Waals surface area contributed by atoms with Crippen LogP contribution in [0.2, 0.25) is 0 Å². The summed E-state index contributed by atoms with van der Waals surface area (Å²) in [6.07, 6.45) is 9.43. The van der Waals surface area contributed by atoms with Gasteiger partial charge in [-0.1, -0.05) is 18.6 Å². The lowest BCUT2D eigenvalue weighted by molar-refractivity contribution is -0.924. The van der Waals surface area contributed by atoms with Crippen molar-refractivity contribution in [2.24, 2.45) is 0 Å². The fourth-order valence-electron chi connectivity index (χ4n) is 2.24. The molecular formula is C16H33N2O+. The summed E-state index contributed by atoms with van der Waals surface area (Å²) < 4.78 is 0.979. The fraction of sp³-hybridized carbons (Fsp3) is 0.812. The van der Waals surface area contributed by atoms with Crippen molar-refractivity contribution in [2.45, 2.75) is 59.8 Å². The quantitative estimate of drug-likeness (QED) is 0.265. The Hall–Kier alpha value is -0.830. The van der Waals surface area contributed by atoms with Crippen LogP contribution in [0.1, 0.15) is 59.8 Å². The smallest absolute Gasteiger partial charge is 0.224 e. The summed E-state index contributed by atoms with van der Waals surface area (Å²) >= 11 is 0. The molecule has 0 aromatic heterocycles. The molecular weight excluding hydrogens is 236 g/mol. The maximum Gasteiger partial charge on any atom is 0.224 e. The third-order valence-electron chi connectivity index (χ3n) is 4.13. The van der Waals surface area contributed by atoms with Crippen molar-refractivity contribution in [1.29, 1.82) is 0 Å². The van der Waals surface area contributed by atoms with E-state index in [1.165, 1.54) is 6.42 Å². The lowest BCUT2D eigenvalue weighted by Gasteiger charge is -2.35. The number of quaternary nitrogens is 1. The minimum absolute atomic E-state index is 0.212. The number of amides is 1. The molecule has 3 nitrogen and oxygen atoms in total. The topological polar surface area (TPSA) is 29.1 Å². The summed E-state index contributed by atoms with van der Waals surface area (Å²) in [5.41, 5.74) is 0. The van der Waals surface area contributed by atoms with E-state index in [0.717, 1.165) is 50.0 Å². The van der Waals surface area contributed by atoms with Crippen LogP contribution in [0.3, 0.4) is 0 Å². The highest BCUT2D eigenvalue weighted by molar-refractivity contribution is 5.75. The van der Waals surface area contributed by atoms with Gasteiger partial charge in [-0.3, -0.25) is 4.79 Å². The van der Waals surface area contributed by atoms with Gasteiger partial charge in [0.15, 0.2) is 6.67 Å². The molecule has 0 atom stereocenters. The van der Waals surface area contributed by atoms with Gasteiger partial charge in [0.25, 0.3) is 0 Å². The van der Waals surface area contributed by atoms with E-state index in [-0.39, 0.29) is 5.91 Å². The van der Waals surface area contributed by atoms with E-state index in [4.69, 9.17) is 0 Å². The predicted molar refractivity (Wildman–Crippen MR) is 82.8 cm³/mol. The minimum atomic E-state index is 0.212. The Kier molecular flexibility index (Phi) is 10.6. The molecule has 3 heteroatoms. The lowest BCUT2D eigenvalue weighted by Crippen LogP contribution is -2.54. The van der Waals surface area contributed by atoms with E-state index in [9.17, 15) is 4.79 Å². The molecule has 0 bridgehead atoms. The zero-order chi connectivity index (χ0) is 14.6. The van der Waals surface area contributed by atoms with Crippen LogP contribution >= 0.6 is 0 Å². The van der Waals surface area contributed by atoms with E-state index in [1.54, 1.807) is 0 Å². The first kappa shape index (κ1) is 18.2. The molecule has 0 saturated carbocycles. The summed E-state index contributed by atoms with van der Waals surface area (Å²) in [7, 11) is 0. The lowest BCUT2D eigenvalue weighted by atomic mass is 10.1. The first-order chi connectivity index (χ1) is 9.14. The highest BCUT2D eigenvalue weighted by atomic mass is 16.1. The molecule has 0 unspecified atom stereocenters. The number of nitrogens with one attached hydrogen (secondary N) is 1. The van der Waals surface area contributed by atoms with Gasteiger partial charge in [0, 0.05) is 6.42 Å². The maximum absolute atomic E-state index is 11.8. The van der Waals surface area contributed by atoms with Crippen molar-refractivity contribution in [3.8, 4) is 0 Å². The highest BCUT2D eigenvalue weighted by Crippen LogP contribution is 2.06. The van der Waals surface area contributed by atoms with Crippen LogP contribution in [0, 0.1) is 0 Å². The standard InChI is InChI=1S/C16H32N2O/c1-5-9-10-11-12-13-14-16(19)17-15-18(6-2,7-3)8-4/h5,9H,6-8,10-15H2,1-4H3/p+1/b9-5+. The normalized spacial score (nSPS) is 12.0. The molecule has 0 aromatic rings. The Balaban J connectivity index is 3.74. The van der Waals surface area contributed by atoms with Crippen LogP contribution in [-0.2, 0) is 4.79 Å². The van der Waals surface area contributed by atoms with Gasteiger partial charge >= 0.3 is 0 Å². The van der Waals surface area contributed by atoms with E-state index >= 15 is 0 Å². The predicted octanol–water partition coefficient (Wildman–Crippen LogP) is 3.46.